The van der Waals surface area contributed by atoms with Gasteiger partial charge in [0.2, 0.25) is 0 Å². The average molecular weight is 644 g/mol. The molecule has 1 N–H and O–H groups in total. The molecule has 0 amide bonds. The molecule has 0 radical (unpaired) electrons. The maximum atomic E-state index is 15.2. The van der Waals surface area contributed by atoms with Crippen molar-refractivity contribution in [3.63, 3.8) is 0 Å². The van der Waals surface area contributed by atoms with Gasteiger partial charge in [0.15, 0.2) is 11.6 Å². The Balaban J connectivity index is 1.50. The van der Waals surface area contributed by atoms with Crippen molar-refractivity contribution in [3.8, 4) is 22.7 Å². The highest BCUT2D eigenvalue weighted by molar-refractivity contribution is 6.00. The van der Waals surface area contributed by atoms with Gasteiger partial charge in [0, 0.05) is 28.7 Å². The van der Waals surface area contributed by atoms with E-state index >= 15 is 4.39 Å². The number of hydrogen-bond acceptors (Lipinski definition) is 7. The van der Waals surface area contributed by atoms with Gasteiger partial charge in [-0.1, -0.05) is 78.9 Å². The van der Waals surface area contributed by atoms with Crippen LogP contribution >= 0.6 is 0 Å². The highest BCUT2D eigenvalue weighted by Crippen LogP contribution is 2.43. The second-order valence-corrected chi connectivity index (χ2v) is 11.3. The monoisotopic (exact) mass is 643 g/mol. The third-order valence-corrected chi connectivity index (χ3v) is 8.13. The molecule has 0 bridgehead atoms. The summed E-state index contributed by atoms with van der Waals surface area (Å²) in [7, 11) is 1.39. The summed E-state index contributed by atoms with van der Waals surface area (Å²) in [6.07, 6.45) is 1.76. The van der Waals surface area contributed by atoms with E-state index in [0.717, 1.165) is 16.8 Å². The topological polar surface area (TPSA) is 91.7 Å². The number of hydrogen-bond donors (Lipinski definition) is 1. The smallest absolute Gasteiger partial charge is 0.337 e. The molecule has 0 spiro atoms. The predicted molar refractivity (Wildman–Crippen MR) is 179 cm³/mol. The molecule has 0 saturated carbocycles. The molecule has 0 saturated heterocycles. The minimum atomic E-state index is -0.976. The molecule has 4 aromatic carbocycles. The van der Waals surface area contributed by atoms with E-state index in [0.29, 0.717) is 28.2 Å². The summed E-state index contributed by atoms with van der Waals surface area (Å²) in [6.45, 7) is 3.57. The molecule has 2 heterocycles. The second-order valence-electron chi connectivity index (χ2n) is 11.3. The number of methoxy groups -OCH3 is 1. The molecule has 9 heteroatoms. The molecule has 242 valence electrons. The first-order valence-corrected chi connectivity index (χ1v) is 15.4. The van der Waals surface area contributed by atoms with E-state index in [1.54, 1.807) is 30.8 Å². The van der Waals surface area contributed by atoms with Crippen LogP contribution in [0.25, 0.3) is 16.9 Å². The molecule has 0 atom stereocenters. The van der Waals surface area contributed by atoms with E-state index in [4.69, 9.17) is 19.3 Å². The van der Waals surface area contributed by atoms with Gasteiger partial charge in [-0.05, 0) is 55.3 Å². The van der Waals surface area contributed by atoms with Crippen LogP contribution in [-0.2, 0) is 32.3 Å². The number of allylic oxidation sites excluding steroid dienone is 2. The summed E-state index contributed by atoms with van der Waals surface area (Å²) < 4.78 is 33.7. The van der Waals surface area contributed by atoms with Crippen LogP contribution in [0.1, 0.15) is 36.5 Å². The van der Waals surface area contributed by atoms with Crippen molar-refractivity contribution in [2.45, 2.75) is 33.0 Å². The number of carbonyl (C=O) groups excluding carboxylic acids is 2. The number of dihydropyridines is 1. The third kappa shape index (κ3) is 6.76. The van der Waals surface area contributed by atoms with Gasteiger partial charge in [0.1, 0.15) is 13.2 Å². The van der Waals surface area contributed by atoms with E-state index in [9.17, 15) is 9.59 Å². The van der Waals surface area contributed by atoms with Crippen molar-refractivity contribution >= 4 is 11.9 Å². The van der Waals surface area contributed by atoms with E-state index < -0.39 is 23.7 Å². The fourth-order valence-corrected chi connectivity index (χ4v) is 5.80. The molecule has 6 rings (SSSR count). The number of aromatic nitrogens is 2. The Morgan fingerprint density at radius 3 is 1.79 bits per heavy atom. The summed E-state index contributed by atoms with van der Waals surface area (Å²) in [6, 6.07) is 32.6. The molecule has 0 aliphatic carbocycles. The Morgan fingerprint density at radius 2 is 1.29 bits per heavy atom. The number of carbonyl (C=O) groups is 2. The van der Waals surface area contributed by atoms with E-state index in [-0.39, 0.29) is 30.1 Å². The lowest BCUT2D eigenvalue weighted by molar-refractivity contribution is -0.141. The molecule has 0 fully saturated rings. The van der Waals surface area contributed by atoms with Crippen molar-refractivity contribution in [1.29, 1.82) is 0 Å². The van der Waals surface area contributed by atoms with Crippen LogP contribution in [0.3, 0.4) is 0 Å². The minimum absolute atomic E-state index is 0.0273. The molecule has 1 aliphatic rings. The zero-order valence-corrected chi connectivity index (χ0v) is 26.8. The molecule has 5 aromatic rings. The van der Waals surface area contributed by atoms with Gasteiger partial charge in [-0.25, -0.2) is 18.7 Å². The molecule has 0 unspecified atom stereocenters. The number of halogens is 1. The zero-order valence-electron chi connectivity index (χ0n) is 26.8. The van der Waals surface area contributed by atoms with Crippen molar-refractivity contribution in [2.75, 3.05) is 7.11 Å². The fourth-order valence-electron chi connectivity index (χ4n) is 5.80. The number of para-hydroxylation sites is 1. The van der Waals surface area contributed by atoms with Crippen molar-refractivity contribution in [3.05, 3.63) is 160 Å². The van der Waals surface area contributed by atoms with Crippen molar-refractivity contribution < 1.29 is 28.2 Å². The van der Waals surface area contributed by atoms with E-state index in [1.807, 2.05) is 91.0 Å². The average Bonchev–Trinajstić information content (AvgIpc) is 3.56. The summed E-state index contributed by atoms with van der Waals surface area (Å²) in [5.74, 6) is -2.71. The van der Waals surface area contributed by atoms with Crippen molar-refractivity contribution in [2.24, 2.45) is 0 Å². The predicted octanol–water partition coefficient (Wildman–Crippen LogP) is 7.41. The van der Waals surface area contributed by atoms with Crippen LogP contribution in [0.15, 0.2) is 138 Å². The Labute approximate surface area is 278 Å². The van der Waals surface area contributed by atoms with Crippen LogP contribution in [-0.4, -0.2) is 28.8 Å². The fraction of sp³-hybridized carbons (Fsp3) is 0.154. The van der Waals surface area contributed by atoms with E-state index in [1.165, 1.54) is 19.2 Å². The van der Waals surface area contributed by atoms with Crippen LogP contribution in [0.2, 0.25) is 0 Å². The van der Waals surface area contributed by atoms with Crippen LogP contribution < -0.4 is 10.1 Å². The Hall–Kier alpha value is -5.96. The lowest BCUT2D eigenvalue weighted by Crippen LogP contribution is -2.32. The summed E-state index contributed by atoms with van der Waals surface area (Å²) in [4.78, 5) is 28.2. The SMILES string of the molecule is COc1ccc(-c2nn(-c3ccccc3)cc2C2C(C(=O)OCc3ccccc3)=C(C)NC(C)=C2C(=O)OCc2ccccc2)cc1F. The third-order valence-electron chi connectivity index (χ3n) is 8.13. The van der Waals surface area contributed by atoms with Crippen LogP contribution in [0.4, 0.5) is 4.39 Å². The molecule has 1 aromatic heterocycles. The van der Waals surface area contributed by atoms with E-state index in [2.05, 4.69) is 5.32 Å². The maximum absolute atomic E-state index is 15.2. The summed E-state index contributed by atoms with van der Waals surface area (Å²) in [5, 5.41) is 8.10. The van der Waals surface area contributed by atoms with Gasteiger partial charge in [-0.3, -0.25) is 0 Å². The zero-order chi connectivity index (χ0) is 33.6. The van der Waals surface area contributed by atoms with Crippen molar-refractivity contribution in [1.82, 2.24) is 15.1 Å². The van der Waals surface area contributed by atoms with Gasteiger partial charge in [-0.15, -0.1) is 0 Å². The normalized spacial score (nSPS) is 13.2. The lowest BCUT2D eigenvalue weighted by Gasteiger charge is -2.30. The number of benzene rings is 4. The second kappa shape index (κ2) is 14.2. The number of nitrogens with zero attached hydrogens (tertiary/aromatic N) is 2. The number of nitrogens with one attached hydrogen (secondary N) is 1. The number of ether oxygens (including phenoxy) is 3. The number of esters is 2. The largest absolute Gasteiger partial charge is 0.494 e. The molecule has 1 aliphatic heterocycles. The van der Waals surface area contributed by atoms with Gasteiger partial charge in [0.05, 0.1) is 35.6 Å². The summed E-state index contributed by atoms with van der Waals surface area (Å²) in [5.41, 5.74) is 5.09. The quantitative estimate of drug-likeness (QED) is 0.159. The molecular formula is C39H34FN3O5. The Kier molecular flexibility index (Phi) is 9.47. The van der Waals surface area contributed by atoms with Gasteiger partial charge in [0.25, 0.3) is 0 Å². The number of rotatable bonds is 10. The summed E-state index contributed by atoms with van der Waals surface area (Å²) >= 11 is 0. The van der Waals surface area contributed by atoms with Gasteiger partial charge >= 0.3 is 11.9 Å². The lowest BCUT2D eigenvalue weighted by atomic mass is 9.79. The maximum Gasteiger partial charge on any atom is 0.337 e. The van der Waals surface area contributed by atoms with Gasteiger partial charge in [-0.2, -0.15) is 5.10 Å². The first kappa shape index (κ1) is 32.0. The van der Waals surface area contributed by atoms with Crippen LogP contribution in [0.5, 0.6) is 5.75 Å². The van der Waals surface area contributed by atoms with Crippen LogP contribution in [0, 0.1) is 5.82 Å². The Morgan fingerprint density at radius 1 is 0.771 bits per heavy atom. The Bertz CT molecular complexity index is 1930. The first-order valence-electron chi connectivity index (χ1n) is 15.4. The first-order chi connectivity index (χ1) is 23.3. The highest BCUT2D eigenvalue weighted by atomic mass is 19.1. The molecule has 48 heavy (non-hydrogen) atoms. The standard InChI is InChI=1S/C39H34FN3O5/c1-25-34(38(44)47-23-27-13-7-4-8-14-27)36(35(26(2)41-25)39(45)48-24-28-15-9-5-10-16-28)31-22-43(30-17-11-6-12-18-30)42-37(31)29-19-20-33(46-3)32(40)21-29/h4-22,36,41H,23-24H2,1-3H3. The van der Waals surface area contributed by atoms with Gasteiger partial charge < -0.3 is 19.5 Å². The highest BCUT2D eigenvalue weighted by Gasteiger charge is 2.40. The molecule has 8 nitrogen and oxygen atoms in total. The molecular weight excluding hydrogens is 609 g/mol. The minimum Gasteiger partial charge on any atom is -0.494 e.